The van der Waals surface area contributed by atoms with Crippen LogP contribution in [-0.4, -0.2) is 57.1 Å². The van der Waals surface area contributed by atoms with Crippen molar-refractivity contribution in [3.05, 3.63) is 64.7 Å². The van der Waals surface area contributed by atoms with Gasteiger partial charge in [0.15, 0.2) is 0 Å². The number of halogens is 1. The second kappa shape index (κ2) is 9.91. The lowest BCUT2D eigenvalue weighted by Gasteiger charge is -2.26. The minimum Gasteiger partial charge on any atom is -0.382 e. The zero-order valence-corrected chi connectivity index (χ0v) is 17.8. The topological polar surface area (TPSA) is 66.9 Å². The van der Waals surface area contributed by atoms with Crippen LogP contribution in [0.4, 0.5) is 0 Å². The fourth-order valence-electron chi connectivity index (χ4n) is 2.50. The zero-order valence-electron chi connectivity index (χ0n) is 16.3. The van der Waals surface area contributed by atoms with E-state index in [0.29, 0.717) is 29.2 Å². The summed E-state index contributed by atoms with van der Waals surface area (Å²) in [5.74, 6) is -0.128. The van der Waals surface area contributed by atoms with Gasteiger partial charge >= 0.3 is 10.1 Å². The Kier molecular flexibility index (Phi) is 7.86. The molecule has 0 fully saturated rings. The highest BCUT2D eigenvalue weighted by Gasteiger charge is 2.21. The summed E-state index contributed by atoms with van der Waals surface area (Å²) >= 11 is 6.20. The van der Waals surface area contributed by atoms with Crippen LogP contribution in [-0.2, 0) is 16.7 Å². The smallest absolute Gasteiger partial charge is 0.308 e. The number of likely N-dealkylation sites (N-methyl/N-ethyl adjacent to an activating group) is 1. The molecule has 0 radical (unpaired) electrons. The van der Waals surface area contributed by atoms with E-state index in [9.17, 15) is 13.2 Å². The molecule has 0 aromatic heterocycles. The van der Waals surface area contributed by atoms with E-state index >= 15 is 0 Å². The number of hydrogen-bond acceptors (Lipinski definition) is 5. The molecule has 152 valence electrons. The van der Waals surface area contributed by atoms with E-state index in [1.165, 1.54) is 6.92 Å². The largest absolute Gasteiger partial charge is 0.382 e. The Hall–Kier alpha value is -2.09. The molecule has 0 aliphatic heterocycles. The van der Waals surface area contributed by atoms with Gasteiger partial charge in [-0.1, -0.05) is 41.9 Å². The van der Waals surface area contributed by atoms with Gasteiger partial charge in [0, 0.05) is 25.2 Å². The summed E-state index contributed by atoms with van der Waals surface area (Å²) < 4.78 is 29.0. The highest BCUT2D eigenvalue weighted by molar-refractivity contribution is 7.87. The first-order valence-electron chi connectivity index (χ1n) is 8.92. The van der Waals surface area contributed by atoms with E-state index in [1.54, 1.807) is 53.4 Å². The molecule has 28 heavy (non-hydrogen) atoms. The van der Waals surface area contributed by atoms with Crippen LogP contribution in [0, 0.1) is 0 Å². The Morgan fingerprint density at radius 2 is 1.68 bits per heavy atom. The van der Waals surface area contributed by atoms with Gasteiger partial charge in [-0.3, -0.25) is 4.79 Å². The molecular weight excluding hydrogens is 400 g/mol. The summed E-state index contributed by atoms with van der Waals surface area (Å²) in [5, 5.41) is 0.375. The third kappa shape index (κ3) is 6.22. The second-order valence-electron chi connectivity index (χ2n) is 6.55. The third-order valence-corrected chi connectivity index (χ3v) is 5.58. The first kappa shape index (κ1) is 22.2. The molecule has 0 spiro atoms. The van der Waals surface area contributed by atoms with Crippen LogP contribution in [0.3, 0.4) is 0 Å². The molecule has 2 rings (SSSR count). The SMILES string of the molecule is CCS(=O)(=O)Oc1ccccc1CN(CCN(C)C)C(=O)c1ccccc1Cl. The fraction of sp³-hybridized carbons (Fsp3) is 0.350. The number of nitrogens with zero attached hydrogens (tertiary/aromatic N) is 2. The van der Waals surface area contributed by atoms with Crippen molar-refractivity contribution in [1.82, 2.24) is 9.80 Å². The lowest BCUT2D eigenvalue weighted by atomic mass is 10.1. The van der Waals surface area contributed by atoms with Crippen molar-refractivity contribution < 1.29 is 17.4 Å². The molecule has 2 aromatic rings. The molecule has 2 aromatic carbocycles. The predicted octanol–water partition coefficient (Wildman–Crippen LogP) is 3.27. The molecule has 8 heteroatoms. The van der Waals surface area contributed by atoms with Gasteiger partial charge < -0.3 is 14.0 Å². The van der Waals surface area contributed by atoms with E-state index in [1.807, 2.05) is 19.0 Å². The van der Waals surface area contributed by atoms with Gasteiger partial charge in [-0.2, -0.15) is 8.42 Å². The number of benzene rings is 2. The van der Waals surface area contributed by atoms with Crippen molar-refractivity contribution in [1.29, 1.82) is 0 Å². The monoisotopic (exact) mass is 424 g/mol. The first-order chi connectivity index (χ1) is 13.2. The lowest BCUT2D eigenvalue weighted by molar-refractivity contribution is 0.0731. The van der Waals surface area contributed by atoms with Crippen LogP contribution in [0.25, 0.3) is 0 Å². The highest BCUT2D eigenvalue weighted by Crippen LogP contribution is 2.24. The average Bonchev–Trinajstić information content (AvgIpc) is 2.66. The van der Waals surface area contributed by atoms with Crippen LogP contribution < -0.4 is 4.18 Å². The number of carbonyl (C=O) groups excluding carboxylic acids is 1. The standard InChI is InChI=1S/C20H25ClN2O4S/c1-4-28(25,26)27-19-12-8-5-9-16(19)15-23(14-13-22(2)3)20(24)17-10-6-7-11-18(17)21/h5-12H,4,13-15H2,1-3H3. The van der Waals surface area contributed by atoms with Gasteiger partial charge in [0.25, 0.3) is 5.91 Å². The van der Waals surface area contributed by atoms with Crippen molar-refractivity contribution in [3.63, 3.8) is 0 Å². The second-order valence-corrected chi connectivity index (χ2v) is 8.81. The van der Waals surface area contributed by atoms with Crippen LogP contribution in [0.15, 0.2) is 48.5 Å². The Bertz CT molecular complexity index is 916. The third-order valence-electron chi connectivity index (χ3n) is 4.11. The van der Waals surface area contributed by atoms with Crippen LogP contribution in [0.5, 0.6) is 5.75 Å². The van der Waals surface area contributed by atoms with Crippen molar-refractivity contribution in [2.75, 3.05) is 32.9 Å². The summed E-state index contributed by atoms with van der Waals surface area (Å²) in [6, 6.07) is 13.7. The molecular formula is C20H25ClN2O4S. The van der Waals surface area contributed by atoms with Gasteiger partial charge in [0.2, 0.25) is 0 Å². The minimum atomic E-state index is -3.67. The van der Waals surface area contributed by atoms with Crippen molar-refractivity contribution in [3.8, 4) is 5.75 Å². The first-order valence-corrected chi connectivity index (χ1v) is 10.9. The molecule has 0 atom stereocenters. The quantitative estimate of drug-likeness (QED) is 0.578. The number of para-hydroxylation sites is 1. The van der Waals surface area contributed by atoms with E-state index in [0.717, 1.165) is 0 Å². The summed E-state index contributed by atoms with van der Waals surface area (Å²) in [4.78, 5) is 16.7. The molecule has 0 aliphatic rings. The van der Waals surface area contributed by atoms with Crippen LogP contribution in [0.1, 0.15) is 22.8 Å². The number of carbonyl (C=O) groups is 1. The number of rotatable bonds is 9. The van der Waals surface area contributed by atoms with Crippen LogP contribution in [0.2, 0.25) is 5.02 Å². The fourth-order valence-corrected chi connectivity index (χ4v) is 3.27. The Balaban J connectivity index is 2.33. The molecule has 0 bridgehead atoms. The summed E-state index contributed by atoms with van der Waals surface area (Å²) in [7, 11) is 0.171. The van der Waals surface area contributed by atoms with E-state index in [2.05, 4.69) is 0 Å². The Labute approximate surface area is 171 Å². The van der Waals surface area contributed by atoms with Gasteiger partial charge in [0.05, 0.1) is 16.3 Å². The number of amides is 1. The normalized spacial score (nSPS) is 11.5. The van der Waals surface area contributed by atoms with Crippen molar-refractivity contribution in [2.24, 2.45) is 0 Å². The van der Waals surface area contributed by atoms with E-state index < -0.39 is 10.1 Å². The van der Waals surface area contributed by atoms with Crippen molar-refractivity contribution in [2.45, 2.75) is 13.5 Å². The Morgan fingerprint density at radius 1 is 1.04 bits per heavy atom. The summed E-state index contributed by atoms with van der Waals surface area (Å²) in [6.07, 6.45) is 0. The number of hydrogen-bond donors (Lipinski definition) is 0. The van der Waals surface area contributed by atoms with E-state index in [4.69, 9.17) is 15.8 Å². The maximum atomic E-state index is 13.1. The van der Waals surface area contributed by atoms with Crippen LogP contribution >= 0.6 is 11.6 Å². The molecule has 0 saturated heterocycles. The Morgan fingerprint density at radius 3 is 2.32 bits per heavy atom. The molecule has 0 N–H and O–H groups in total. The minimum absolute atomic E-state index is 0.135. The van der Waals surface area contributed by atoms with Crippen molar-refractivity contribution >= 4 is 27.6 Å². The molecule has 1 amide bonds. The average molecular weight is 425 g/mol. The van der Waals surface area contributed by atoms with Gasteiger partial charge in [-0.05, 0) is 39.2 Å². The highest BCUT2D eigenvalue weighted by atomic mass is 35.5. The molecule has 0 saturated carbocycles. The molecule has 0 aliphatic carbocycles. The molecule has 0 unspecified atom stereocenters. The molecule has 6 nitrogen and oxygen atoms in total. The maximum absolute atomic E-state index is 13.1. The molecule has 0 heterocycles. The zero-order chi connectivity index (χ0) is 20.7. The predicted molar refractivity (Wildman–Crippen MR) is 111 cm³/mol. The van der Waals surface area contributed by atoms with Gasteiger partial charge in [0.1, 0.15) is 5.75 Å². The lowest BCUT2D eigenvalue weighted by Crippen LogP contribution is -2.36. The van der Waals surface area contributed by atoms with Gasteiger partial charge in [-0.25, -0.2) is 0 Å². The van der Waals surface area contributed by atoms with Gasteiger partial charge in [-0.15, -0.1) is 0 Å². The maximum Gasteiger partial charge on any atom is 0.308 e. The van der Waals surface area contributed by atoms with E-state index in [-0.39, 0.29) is 24.0 Å². The summed E-state index contributed by atoms with van der Waals surface area (Å²) in [5.41, 5.74) is 1.01. The summed E-state index contributed by atoms with van der Waals surface area (Å²) in [6.45, 7) is 2.81.